The molecule has 0 saturated carbocycles. The standard InChI is InChI=1S/C23H28N6O2/c1-17-16-21(25-18(2)24-17)27-12-14-28(15-13-27)22(30)8-9-23(31)29-11-10-20(26-29)19-6-4-3-5-7-19/h3-7,16H,8-15H2,1-2H3. The van der Waals surface area contributed by atoms with Gasteiger partial charge in [0.15, 0.2) is 0 Å². The van der Waals surface area contributed by atoms with E-state index in [4.69, 9.17) is 0 Å². The van der Waals surface area contributed by atoms with E-state index in [0.717, 1.165) is 48.1 Å². The highest BCUT2D eigenvalue weighted by Crippen LogP contribution is 2.17. The molecule has 0 aliphatic carbocycles. The number of carbonyl (C=O) groups excluding carboxylic acids is 2. The van der Waals surface area contributed by atoms with Crippen LogP contribution in [0.25, 0.3) is 0 Å². The van der Waals surface area contributed by atoms with Crippen LogP contribution in [-0.2, 0) is 9.59 Å². The van der Waals surface area contributed by atoms with Crippen molar-refractivity contribution in [1.29, 1.82) is 0 Å². The van der Waals surface area contributed by atoms with Gasteiger partial charge in [-0.3, -0.25) is 9.59 Å². The number of hydrogen-bond acceptors (Lipinski definition) is 6. The third-order valence-corrected chi connectivity index (χ3v) is 5.66. The summed E-state index contributed by atoms with van der Waals surface area (Å²) < 4.78 is 0. The second kappa shape index (κ2) is 9.24. The Morgan fingerprint density at radius 2 is 1.61 bits per heavy atom. The zero-order valence-corrected chi connectivity index (χ0v) is 18.1. The number of hydrogen-bond donors (Lipinski definition) is 0. The highest BCUT2D eigenvalue weighted by atomic mass is 16.2. The Balaban J connectivity index is 1.25. The summed E-state index contributed by atoms with van der Waals surface area (Å²) in [5.74, 6) is 1.60. The smallest absolute Gasteiger partial charge is 0.243 e. The van der Waals surface area contributed by atoms with E-state index in [0.29, 0.717) is 19.6 Å². The molecule has 0 N–H and O–H groups in total. The molecule has 162 valence electrons. The minimum Gasteiger partial charge on any atom is -0.353 e. The molecule has 31 heavy (non-hydrogen) atoms. The number of rotatable bonds is 5. The molecule has 8 nitrogen and oxygen atoms in total. The fourth-order valence-corrected chi connectivity index (χ4v) is 4.02. The molecule has 2 aliphatic rings. The third-order valence-electron chi connectivity index (χ3n) is 5.66. The quantitative estimate of drug-likeness (QED) is 0.740. The lowest BCUT2D eigenvalue weighted by Gasteiger charge is -2.35. The molecule has 1 aromatic carbocycles. The maximum absolute atomic E-state index is 12.6. The van der Waals surface area contributed by atoms with Crippen molar-refractivity contribution in [3.63, 3.8) is 0 Å². The van der Waals surface area contributed by atoms with Gasteiger partial charge in [-0.1, -0.05) is 30.3 Å². The minimum atomic E-state index is -0.0927. The summed E-state index contributed by atoms with van der Waals surface area (Å²) in [6.45, 7) is 7.15. The van der Waals surface area contributed by atoms with Crippen LogP contribution in [0, 0.1) is 13.8 Å². The second-order valence-electron chi connectivity index (χ2n) is 7.96. The largest absolute Gasteiger partial charge is 0.353 e. The van der Waals surface area contributed by atoms with Crippen molar-refractivity contribution < 1.29 is 9.59 Å². The van der Waals surface area contributed by atoms with E-state index in [-0.39, 0.29) is 24.7 Å². The summed E-state index contributed by atoms with van der Waals surface area (Å²) in [6.07, 6.45) is 1.15. The Hall–Kier alpha value is -3.29. The van der Waals surface area contributed by atoms with Crippen molar-refractivity contribution in [2.75, 3.05) is 37.6 Å². The van der Waals surface area contributed by atoms with Crippen molar-refractivity contribution in [3.05, 3.63) is 53.5 Å². The van der Waals surface area contributed by atoms with Gasteiger partial charge in [-0.15, -0.1) is 0 Å². The number of carbonyl (C=O) groups is 2. The fraction of sp³-hybridized carbons (Fsp3) is 0.435. The summed E-state index contributed by atoms with van der Waals surface area (Å²) in [6, 6.07) is 11.9. The Kier molecular flexibility index (Phi) is 6.25. The van der Waals surface area contributed by atoms with Crippen molar-refractivity contribution in [2.24, 2.45) is 5.10 Å². The number of aryl methyl sites for hydroxylation is 2. The van der Waals surface area contributed by atoms with E-state index in [1.54, 1.807) is 0 Å². The first-order valence-electron chi connectivity index (χ1n) is 10.8. The molecule has 3 heterocycles. The Bertz CT molecular complexity index is 963. The predicted molar refractivity (Wildman–Crippen MR) is 119 cm³/mol. The van der Waals surface area contributed by atoms with Crippen LogP contribution in [0.3, 0.4) is 0 Å². The summed E-state index contributed by atoms with van der Waals surface area (Å²) >= 11 is 0. The van der Waals surface area contributed by atoms with Gasteiger partial charge in [0.25, 0.3) is 0 Å². The number of aromatic nitrogens is 2. The van der Waals surface area contributed by atoms with Crippen LogP contribution in [0.4, 0.5) is 5.82 Å². The van der Waals surface area contributed by atoms with Gasteiger partial charge in [-0.25, -0.2) is 15.0 Å². The maximum Gasteiger partial charge on any atom is 0.243 e. The monoisotopic (exact) mass is 420 g/mol. The Morgan fingerprint density at radius 1 is 0.903 bits per heavy atom. The number of anilines is 1. The first-order valence-corrected chi connectivity index (χ1v) is 10.8. The van der Waals surface area contributed by atoms with Gasteiger partial charge in [0.05, 0.1) is 12.3 Å². The molecule has 2 amide bonds. The van der Waals surface area contributed by atoms with Crippen LogP contribution in [0.15, 0.2) is 41.5 Å². The molecule has 1 aromatic heterocycles. The van der Waals surface area contributed by atoms with E-state index in [9.17, 15) is 9.59 Å². The van der Waals surface area contributed by atoms with E-state index < -0.39 is 0 Å². The third kappa shape index (κ3) is 5.07. The molecule has 2 aliphatic heterocycles. The Morgan fingerprint density at radius 3 is 2.32 bits per heavy atom. The highest BCUT2D eigenvalue weighted by Gasteiger charge is 2.25. The van der Waals surface area contributed by atoms with Crippen LogP contribution >= 0.6 is 0 Å². The van der Waals surface area contributed by atoms with Crippen molar-refractivity contribution in [3.8, 4) is 0 Å². The van der Waals surface area contributed by atoms with Gasteiger partial charge >= 0.3 is 0 Å². The first-order chi connectivity index (χ1) is 15.0. The molecule has 1 fully saturated rings. The zero-order valence-electron chi connectivity index (χ0n) is 18.1. The van der Waals surface area contributed by atoms with Crippen LogP contribution in [-0.4, -0.2) is 70.1 Å². The van der Waals surface area contributed by atoms with E-state index in [2.05, 4.69) is 20.0 Å². The molecular formula is C23H28N6O2. The van der Waals surface area contributed by atoms with E-state index in [1.165, 1.54) is 5.01 Å². The van der Waals surface area contributed by atoms with Crippen molar-refractivity contribution in [2.45, 2.75) is 33.1 Å². The van der Waals surface area contributed by atoms with Crippen LogP contribution in [0.2, 0.25) is 0 Å². The summed E-state index contributed by atoms with van der Waals surface area (Å²) in [4.78, 5) is 38.0. The highest BCUT2D eigenvalue weighted by molar-refractivity contribution is 6.02. The van der Waals surface area contributed by atoms with Crippen molar-refractivity contribution in [1.82, 2.24) is 19.9 Å². The van der Waals surface area contributed by atoms with Gasteiger partial charge in [0.2, 0.25) is 11.8 Å². The minimum absolute atomic E-state index is 0.0227. The average molecular weight is 421 g/mol. The normalized spacial score (nSPS) is 16.5. The van der Waals surface area contributed by atoms with Crippen LogP contribution < -0.4 is 4.90 Å². The SMILES string of the molecule is Cc1cc(N2CCN(C(=O)CCC(=O)N3CCC(c4ccccc4)=N3)CC2)nc(C)n1. The second-order valence-corrected chi connectivity index (χ2v) is 7.96. The number of hydrazone groups is 1. The topological polar surface area (TPSA) is 82.0 Å². The molecule has 4 rings (SSSR count). The lowest BCUT2D eigenvalue weighted by atomic mass is 10.1. The summed E-state index contributed by atoms with van der Waals surface area (Å²) in [5.41, 5.74) is 2.91. The molecule has 0 radical (unpaired) electrons. The number of amides is 2. The zero-order chi connectivity index (χ0) is 21.8. The van der Waals surface area contributed by atoms with Gasteiger partial charge in [-0.05, 0) is 19.4 Å². The molecule has 0 spiro atoms. The molecule has 2 aromatic rings. The van der Waals surface area contributed by atoms with E-state index in [1.807, 2.05) is 55.1 Å². The number of piperazine rings is 1. The van der Waals surface area contributed by atoms with Gasteiger partial charge in [0.1, 0.15) is 11.6 Å². The predicted octanol–water partition coefficient (Wildman–Crippen LogP) is 2.16. The number of nitrogens with zero attached hydrogens (tertiary/aromatic N) is 6. The molecule has 0 unspecified atom stereocenters. The molecule has 0 bridgehead atoms. The summed E-state index contributed by atoms with van der Waals surface area (Å²) in [7, 11) is 0. The lowest BCUT2D eigenvalue weighted by molar-refractivity contribution is -0.137. The number of benzene rings is 1. The fourth-order valence-electron chi connectivity index (χ4n) is 4.02. The molecule has 0 atom stereocenters. The first kappa shape index (κ1) is 21.0. The Labute approximate surface area is 182 Å². The van der Waals surface area contributed by atoms with Gasteiger partial charge < -0.3 is 9.80 Å². The van der Waals surface area contributed by atoms with Crippen LogP contribution in [0.1, 0.15) is 36.3 Å². The van der Waals surface area contributed by atoms with Gasteiger partial charge in [-0.2, -0.15) is 5.10 Å². The lowest BCUT2D eigenvalue weighted by Crippen LogP contribution is -2.49. The van der Waals surface area contributed by atoms with Gasteiger partial charge in [0, 0.05) is 57.2 Å². The average Bonchev–Trinajstić information content (AvgIpc) is 3.28. The maximum atomic E-state index is 12.6. The molecule has 8 heteroatoms. The molecular weight excluding hydrogens is 392 g/mol. The van der Waals surface area contributed by atoms with Crippen molar-refractivity contribution >= 4 is 23.3 Å². The summed E-state index contributed by atoms with van der Waals surface area (Å²) in [5, 5.41) is 5.97. The van der Waals surface area contributed by atoms with E-state index >= 15 is 0 Å². The molecule has 1 saturated heterocycles. The van der Waals surface area contributed by atoms with Crippen LogP contribution in [0.5, 0.6) is 0 Å².